The third-order valence-electron chi connectivity index (χ3n) is 4.65. The highest BCUT2D eigenvalue weighted by molar-refractivity contribution is 5.74. The number of hydrogen-bond donors (Lipinski definition) is 1. The standard InChI is InChI=1S/C16H30N2O2/c1-3-20-15-8-5-9-18(12-15)16(19)17-11-14-7-4-6-13(2)10-14/h13-15H,3-12H2,1-2H3,(H,17,19)/t13-,14+,15+/m0/s1. The van der Waals surface area contributed by atoms with Gasteiger partial charge in [-0.3, -0.25) is 0 Å². The van der Waals surface area contributed by atoms with Gasteiger partial charge in [-0.2, -0.15) is 0 Å². The molecule has 2 aliphatic rings. The molecule has 0 aromatic rings. The molecule has 1 saturated heterocycles. The molecule has 0 aromatic heterocycles. The number of nitrogens with one attached hydrogen (secondary N) is 1. The van der Waals surface area contributed by atoms with Crippen LogP contribution in [0.3, 0.4) is 0 Å². The first kappa shape index (κ1) is 15.6. The van der Waals surface area contributed by atoms with Gasteiger partial charge in [0.15, 0.2) is 0 Å². The van der Waals surface area contributed by atoms with E-state index < -0.39 is 0 Å². The molecule has 1 aliphatic carbocycles. The Hall–Kier alpha value is -0.770. The molecule has 2 amide bonds. The number of rotatable bonds is 4. The molecule has 2 rings (SSSR count). The molecule has 1 aliphatic heterocycles. The predicted octanol–water partition coefficient (Wildman–Crippen LogP) is 3.02. The Morgan fingerprint density at radius 1 is 1.30 bits per heavy atom. The van der Waals surface area contributed by atoms with Gasteiger partial charge in [-0.05, 0) is 44.4 Å². The van der Waals surface area contributed by atoms with Gasteiger partial charge in [0.2, 0.25) is 0 Å². The highest BCUT2D eigenvalue weighted by atomic mass is 16.5. The molecule has 0 unspecified atom stereocenters. The lowest BCUT2D eigenvalue weighted by Crippen LogP contribution is -2.48. The SMILES string of the molecule is CCO[C@@H]1CCCN(C(=O)NC[C@@H]2CCC[C@H](C)C2)C1. The lowest BCUT2D eigenvalue weighted by Gasteiger charge is -2.33. The van der Waals surface area contributed by atoms with E-state index in [1.165, 1.54) is 25.7 Å². The Kier molecular flexibility index (Phi) is 6.14. The van der Waals surface area contributed by atoms with E-state index in [1.807, 2.05) is 11.8 Å². The lowest BCUT2D eigenvalue weighted by atomic mass is 9.82. The number of urea groups is 1. The maximum absolute atomic E-state index is 12.2. The number of piperidine rings is 1. The molecule has 3 atom stereocenters. The van der Waals surface area contributed by atoms with Crippen LogP contribution in [0.2, 0.25) is 0 Å². The van der Waals surface area contributed by atoms with E-state index in [9.17, 15) is 4.79 Å². The van der Waals surface area contributed by atoms with Crippen LogP contribution >= 0.6 is 0 Å². The van der Waals surface area contributed by atoms with Gasteiger partial charge in [0, 0.05) is 26.2 Å². The van der Waals surface area contributed by atoms with Crippen LogP contribution in [0.5, 0.6) is 0 Å². The molecular formula is C16H30N2O2. The summed E-state index contributed by atoms with van der Waals surface area (Å²) < 4.78 is 5.65. The minimum absolute atomic E-state index is 0.104. The second-order valence-corrected chi connectivity index (χ2v) is 6.49. The predicted molar refractivity (Wildman–Crippen MR) is 80.7 cm³/mol. The average Bonchev–Trinajstić information content (AvgIpc) is 2.45. The van der Waals surface area contributed by atoms with E-state index in [0.717, 1.165) is 45.0 Å². The highest BCUT2D eigenvalue weighted by Gasteiger charge is 2.25. The van der Waals surface area contributed by atoms with Crippen LogP contribution in [-0.2, 0) is 4.74 Å². The van der Waals surface area contributed by atoms with Crippen molar-refractivity contribution in [1.82, 2.24) is 10.2 Å². The number of amides is 2. The number of hydrogen-bond acceptors (Lipinski definition) is 2. The summed E-state index contributed by atoms with van der Waals surface area (Å²) in [6, 6.07) is 0.104. The van der Waals surface area contributed by atoms with Crippen LogP contribution in [0.25, 0.3) is 0 Å². The zero-order valence-corrected chi connectivity index (χ0v) is 13.1. The molecule has 2 fully saturated rings. The van der Waals surface area contributed by atoms with Gasteiger partial charge in [-0.25, -0.2) is 4.79 Å². The zero-order valence-electron chi connectivity index (χ0n) is 13.1. The molecule has 4 nitrogen and oxygen atoms in total. The smallest absolute Gasteiger partial charge is 0.317 e. The summed E-state index contributed by atoms with van der Waals surface area (Å²) in [6.45, 7) is 7.55. The van der Waals surface area contributed by atoms with E-state index >= 15 is 0 Å². The molecule has 1 N–H and O–H groups in total. The number of ether oxygens (including phenoxy) is 1. The van der Waals surface area contributed by atoms with Crippen molar-refractivity contribution in [2.75, 3.05) is 26.2 Å². The van der Waals surface area contributed by atoms with Crippen LogP contribution in [0.15, 0.2) is 0 Å². The Bertz CT molecular complexity index is 307. The topological polar surface area (TPSA) is 41.6 Å². The first-order valence-corrected chi connectivity index (χ1v) is 8.33. The van der Waals surface area contributed by atoms with Crippen molar-refractivity contribution in [3.8, 4) is 0 Å². The van der Waals surface area contributed by atoms with Crippen LogP contribution in [0, 0.1) is 11.8 Å². The van der Waals surface area contributed by atoms with Crippen LogP contribution < -0.4 is 5.32 Å². The third kappa shape index (κ3) is 4.65. The Labute approximate surface area is 123 Å². The highest BCUT2D eigenvalue weighted by Crippen LogP contribution is 2.28. The Morgan fingerprint density at radius 3 is 2.90 bits per heavy atom. The Morgan fingerprint density at radius 2 is 2.15 bits per heavy atom. The van der Waals surface area contributed by atoms with E-state index in [1.54, 1.807) is 0 Å². The first-order chi connectivity index (χ1) is 9.69. The van der Waals surface area contributed by atoms with Crippen LogP contribution in [-0.4, -0.2) is 43.3 Å². The quantitative estimate of drug-likeness (QED) is 0.861. The maximum atomic E-state index is 12.2. The number of carbonyl (C=O) groups is 1. The number of likely N-dealkylation sites (tertiary alicyclic amines) is 1. The summed E-state index contributed by atoms with van der Waals surface area (Å²) in [5, 5.41) is 3.14. The summed E-state index contributed by atoms with van der Waals surface area (Å²) in [6.07, 6.45) is 7.57. The summed E-state index contributed by atoms with van der Waals surface area (Å²) in [7, 11) is 0. The van der Waals surface area contributed by atoms with Gasteiger partial charge in [0.1, 0.15) is 0 Å². The third-order valence-corrected chi connectivity index (χ3v) is 4.65. The van der Waals surface area contributed by atoms with Crippen molar-refractivity contribution in [2.45, 2.75) is 58.5 Å². The lowest BCUT2D eigenvalue weighted by molar-refractivity contribution is 0.0163. The zero-order chi connectivity index (χ0) is 14.4. The van der Waals surface area contributed by atoms with Crippen LogP contribution in [0.1, 0.15) is 52.4 Å². The van der Waals surface area contributed by atoms with Crippen molar-refractivity contribution in [2.24, 2.45) is 11.8 Å². The average molecular weight is 282 g/mol. The second-order valence-electron chi connectivity index (χ2n) is 6.49. The van der Waals surface area contributed by atoms with E-state index in [0.29, 0.717) is 5.92 Å². The molecule has 0 radical (unpaired) electrons. The first-order valence-electron chi connectivity index (χ1n) is 8.33. The number of nitrogens with zero attached hydrogens (tertiary/aromatic N) is 1. The van der Waals surface area contributed by atoms with Crippen molar-refractivity contribution in [3.63, 3.8) is 0 Å². The summed E-state index contributed by atoms with van der Waals surface area (Å²) in [4.78, 5) is 14.2. The van der Waals surface area contributed by atoms with Gasteiger partial charge in [-0.15, -0.1) is 0 Å². The van der Waals surface area contributed by atoms with Gasteiger partial charge >= 0.3 is 6.03 Å². The summed E-state index contributed by atoms with van der Waals surface area (Å²) in [5.74, 6) is 1.50. The van der Waals surface area contributed by atoms with Crippen molar-refractivity contribution in [3.05, 3.63) is 0 Å². The minimum atomic E-state index is 0.104. The normalized spacial score (nSPS) is 31.1. The van der Waals surface area contributed by atoms with Gasteiger partial charge < -0.3 is 15.0 Å². The van der Waals surface area contributed by atoms with Crippen LogP contribution in [0.4, 0.5) is 4.79 Å². The molecule has 0 aromatic carbocycles. The fourth-order valence-electron chi connectivity index (χ4n) is 3.58. The molecule has 0 spiro atoms. The van der Waals surface area contributed by atoms with Crippen molar-refractivity contribution < 1.29 is 9.53 Å². The summed E-state index contributed by atoms with van der Waals surface area (Å²) >= 11 is 0. The second kappa shape index (κ2) is 7.87. The maximum Gasteiger partial charge on any atom is 0.317 e. The largest absolute Gasteiger partial charge is 0.377 e. The molecule has 1 heterocycles. The monoisotopic (exact) mass is 282 g/mol. The fourth-order valence-corrected chi connectivity index (χ4v) is 3.58. The molecule has 1 saturated carbocycles. The van der Waals surface area contributed by atoms with Gasteiger partial charge in [0.05, 0.1) is 6.10 Å². The van der Waals surface area contributed by atoms with Gasteiger partial charge in [-0.1, -0.05) is 19.8 Å². The minimum Gasteiger partial charge on any atom is -0.377 e. The van der Waals surface area contributed by atoms with Gasteiger partial charge in [0.25, 0.3) is 0 Å². The fraction of sp³-hybridized carbons (Fsp3) is 0.938. The number of carbonyl (C=O) groups excluding carboxylic acids is 1. The molecule has 20 heavy (non-hydrogen) atoms. The van der Waals surface area contributed by atoms with Crippen molar-refractivity contribution in [1.29, 1.82) is 0 Å². The van der Waals surface area contributed by atoms with E-state index in [2.05, 4.69) is 12.2 Å². The van der Waals surface area contributed by atoms with E-state index in [-0.39, 0.29) is 12.1 Å². The molecule has 0 bridgehead atoms. The van der Waals surface area contributed by atoms with E-state index in [4.69, 9.17) is 4.74 Å². The molecule has 4 heteroatoms. The molecule has 116 valence electrons. The van der Waals surface area contributed by atoms with Crippen molar-refractivity contribution >= 4 is 6.03 Å². The molecular weight excluding hydrogens is 252 g/mol. The Balaban J connectivity index is 1.71. The summed E-state index contributed by atoms with van der Waals surface area (Å²) in [5.41, 5.74) is 0.